The highest BCUT2D eigenvalue weighted by molar-refractivity contribution is 7.92. The van der Waals surface area contributed by atoms with Crippen molar-refractivity contribution in [1.82, 2.24) is 15.1 Å². The number of nitrogens with zero attached hydrogens (tertiary/aromatic N) is 3. The molecule has 2 aromatic carbocycles. The molecule has 0 unspecified atom stereocenters. The minimum atomic E-state index is -3.83. The number of sulfonamides is 1. The number of aromatic nitrogens is 3. The molecule has 0 saturated carbocycles. The van der Waals surface area contributed by atoms with Gasteiger partial charge in [-0.25, -0.2) is 13.4 Å². The monoisotopic (exact) mass is 475 g/mol. The van der Waals surface area contributed by atoms with E-state index in [0.29, 0.717) is 39.7 Å². The Morgan fingerprint density at radius 2 is 1.69 bits per heavy atom. The molecule has 12 heteroatoms. The van der Waals surface area contributed by atoms with E-state index in [1.54, 1.807) is 31.2 Å². The molecule has 0 fully saturated rings. The Morgan fingerprint density at radius 3 is 2.31 bits per heavy atom. The molecule has 0 bridgehead atoms. The summed E-state index contributed by atoms with van der Waals surface area (Å²) < 4.78 is 43.0. The average Bonchev–Trinajstić information content (AvgIpc) is 3.16. The van der Waals surface area contributed by atoms with Gasteiger partial charge in [0.25, 0.3) is 10.0 Å². The summed E-state index contributed by atoms with van der Waals surface area (Å²) in [5, 5.41) is 7.46. The minimum absolute atomic E-state index is 0.0403. The second kappa shape index (κ2) is 8.52. The largest absolute Gasteiger partial charge is 0.493 e. The number of ether oxygens (including phenoxy) is 2. The molecular formula is C20H18ClN5O5S. The molecule has 2 heterocycles. The minimum Gasteiger partial charge on any atom is -0.493 e. The lowest BCUT2D eigenvalue weighted by Crippen LogP contribution is -2.13. The standard InChI is InChI=1S/C20H18ClN5O5S/c1-11-8-18(25-31-11)26-32(27,28)13-6-4-12(5-7-13)22-19-14-9-16(29-2)17(30-3)10-15(14)23-20(21)24-19/h4-10H,1-3H3,(H,25,26)(H,22,23,24). The van der Waals surface area contributed by atoms with Crippen LogP contribution in [0.25, 0.3) is 10.9 Å². The van der Waals surface area contributed by atoms with E-state index in [0.717, 1.165) is 0 Å². The zero-order valence-electron chi connectivity index (χ0n) is 17.2. The zero-order chi connectivity index (χ0) is 22.9. The molecule has 2 N–H and O–H groups in total. The van der Waals surface area contributed by atoms with Crippen molar-refractivity contribution in [2.24, 2.45) is 0 Å². The Labute approximate surface area is 188 Å². The van der Waals surface area contributed by atoms with E-state index in [4.69, 9.17) is 25.6 Å². The first-order valence-corrected chi connectivity index (χ1v) is 11.1. The molecule has 0 aliphatic heterocycles. The summed E-state index contributed by atoms with van der Waals surface area (Å²) >= 11 is 6.09. The Kier molecular flexibility index (Phi) is 5.76. The number of aryl methyl sites for hydroxylation is 1. The van der Waals surface area contributed by atoms with E-state index < -0.39 is 10.0 Å². The highest BCUT2D eigenvalue weighted by Crippen LogP contribution is 2.35. The summed E-state index contributed by atoms with van der Waals surface area (Å²) in [5.41, 5.74) is 1.14. The fourth-order valence-electron chi connectivity index (χ4n) is 2.99. The van der Waals surface area contributed by atoms with Gasteiger partial charge in [0.1, 0.15) is 11.6 Å². The van der Waals surface area contributed by atoms with Gasteiger partial charge in [0, 0.05) is 23.2 Å². The number of fused-ring (bicyclic) bond motifs is 1. The summed E-state index contributed by atoms with van der Waals surface area (Å²) in [6.45, 7) is 1.67. The number of anilines is 3. The summed E-state index contributed by atoms with van der Waals surface area (Å²) in [4.78, 5) is 8.54. The Morgan fingerprint density at radius 1 is 1.00 bits per heavy atom. The number of nitrogens with one attached hydrogen (secondary N) is 2. The van der Waals surface area contributed by atoms with E-state index in [9.17, 15) is 8.42 Å². The maximum absolute atomic E-state index is 12.6. The molecule has 32 heavy (non-hydrogen) atoms. The summed E-state index contributed by atoms with van der Waals surface area (Å²) in [7, 11) is -0.769. The summed E-state index contributed by atoms with van der Waals surface area (Å²) in [5.74, 6) is 2.03. The van der Waals surface area contributed by atoms with Crippen molar-refractivity contribution < 1.29 is 22.4 Å². The maximum atomic E-state index is 12.6. The highest BCUT2D eigenvalue weighted by Gasteiger charge is 2.17. The fourth-order valence-corrected chi connectivity index (χ4v) is 4.15. The lowest BCUT2D eigenvalue weighted by atomic mass is 10.2. The maximum Gasteiger partial charge on any atom is 0.263 e. The molecule has 0 spiro atoms. The van der Waals surface area contributed by atoms with Gasteiger partial charge in [0.05, 0.1) is 24.6 Å². The first-order valence-electron chi connectivity index (χ1n) is 9.21. The van der Waals surface area contributed by atoms with E-state index in [2.05, 4.69) is 25.2 Å². The second-order valence-electron chi connectivity index (χ2n) is 6.64. The van der Waals surface area contributed by atoms with Crippen molar-refractivity contribution in [2.75, 3.05) is 24.3 Å². The quantitative estimate of drug-likeness (QED) is 0.379. The lowest BCUT2D eigenvalue weighted by Gasteiger charge is -2.13. The van der Waals surface area contributed by atoms with Gasteiger partial charge in [0.15, 0.2) is 17.3 Å². The highest BCUT2D eigenvalue weighted by atomic mass is 35.5. The van der Waals surface area contributed by atoms with Crippen LogP contribution in [0.5, 0.6) is 11.5 Å². The van der Waals surface area contributed by atoms with Gasteiger partial charge in [0.2, 0.25) is 5.28 Å². The third-order valence-corrected chi connectivity index (χ3v) is 6.01. The molecule has 166 valence electrons. The van der Waals surface area contributed by atoms with Crippen molar-refractivity contribution in [3.8, 4) is 11.5 Å². The van der Waals surface area contributed by atoms with Gasteiger partial charge in [-0.2, -0.15) is 4.98 Å². The van der Waals surface area contributed by atoms with Gasteiger partial charge >= 0.3 is 0 Å². The smallest absolute Gasteiger partial charge is 0.263 e. The molecule has 0 aliphatic rings. The van der Waals surface area contributed by atoms with Gasteiger partial charge in [-0.15, -0.1) is 0 Å². The van der Waals surface area contributed by atoms with E-state index in [-0.39, 0.29) is 16.0 Å². The molecule has 0 amide bonds. The van der Waals surface area contributed by atoms with Crippen LogP contribution in [0, 0.1) is 6.92 Å². The Hall–Kier alpha value is -3.57. The fraction of sp³-hybridized carbons (Fsp3) is 0.150. The van der Waals surface area contributed by atoms with Gasteiger partial charge in [-0.05, 0) is 48.9 Å². The van der Waals surface area contributed by atoms with Gasteiger partial charge < -0.3 is 19.3 Å². The molecule has 2 aromatic heterocycles. The van der Waals surface area contributed by atoms with Crippen LogP contribution in [0.1, 0.15) is 5.76 Å². The van der Waals surface area contributed by atoms with Crippen LogP contribution in [-0.2, 0) is 10.0 Å². The van der Waals surface area contributed by atoms with E-state index >= 15 is 0 Å². The number of rotatable bonds is 7. The van der Waals surface area contributed by atoms with Crippen LogP contribution in [0.15, 0.2) is 51.9 Å². The predicted molar refractivity (Wildman–Crippen MR) is 119 cm³/mol. The van der Waals surface area contributed by atoms with Gasteiger partial charge in [-0.3, -0.25) is 4.72 Å². The first-order chi connectivity index (χ1) is 15.3. The summed E-state index contributed by atoms with van der Waals surface area (Å²) in [6.07, 6.45) is 0. The zero-order valence-corrected chi connectivity index (χ0v) is 18.8. The van der Waals surface area contributed by atoms with Crippen LogP contribution >= 0.6 is 11.6 Å². The van der Waals surface area contributed by atoms with Crippen LogP contribution in [0.2, 0.25) is 5.28 Å². The third kappa shape index (κ3) is 4.39. The van der Waals surface area contributed by atoms with Crippen LogP contribution in [0.4, 0.5) is 17.3 Å². The number of methoxy groups -OCH3 is 2. The normalized spacial score (nSPS) is 11.4. The number of hydrogen-bond acceptors (Lipinski definition) is 9. The Balaban J connectivity index is 1.63. The van der Waals surface area contributed by atoms with E-state index in [1.165, 1.54) is 32.4 Å². The van der Waals surface area contributed by atoms with Crippen molar-refractivity contribution in [3.05, 3.63) is 53.5 Å². The third-order valence-electron chi connectivity index (χ3n) is 4.47. The number of hydrogen-bond donors (Lipinski definition) is 2. The second-order valence-corrected chi connectivity index (χ2v) is 8.66. The molecule has 10 nitrogen and oxygen atoms in total. The first kappa shape index (κ1) is 21.7. The molecule has 0 saturated heterocycles. The molecule has 0 aliphatic carbocycles. The van der Waals surface area contributed by atoms with Crippen LogP contribution < -0.4 is 19.5 Å². The average molecular weight is 476 g/mol. The van der Waals surface area contributed by atoms with Crippen LogP contribution in [-0.4, -0.2) is 37.8 Å². The topological polar surface area (TPSA) is 128 Å². The molecule has 4 rings (SSSR count). The molecule has 0 atom stereocenters. The number of halogens is 1. The Bertz CT molecular complexity index is 1390. The van der Waals surface area contributed by atoms with Crippen molar-refractivity contribution in [3.63, 3.8) is 0 Å². The molecule has 0 radical (unpaired) electrons. The number of benzene rings is 2. The predicted octanol–water partition coefficient (Wildman–Crippen LogP) is 4.14. The van der Waals surface area contributed by atoms with E-state index in [1.807, 2.05) is 0 Å². The van der Waals surface area contributed by atoms with Gasteiger partial charge in [-0.1, -0.05) is 5.16 Å². The summed E-state index contributed by atoms with van der Waals surface area (Å²) in [6, 6.07) is 11.0. The van der Waals surface area contributed by atoms with Crippen LogP contribution in [0.3, 0.4) is 0 Å². The molecule has 4 aromatic rings. The lowest BCUT2D eigenvalue weighted by molar-refractivity contribution is 0.356. The molecular weight excluding hydrogens is 458 g/mol. The SMILES string of the molecule is COc1cc2nc(Cl)nc(Nc3ccc(S(=O)(=O)Nc4cc(C)on4)cc3)c2cc1OC. The van der Waals surface area contributed by atoms with Crippen molar-refractivity contribution in [2.45, 2.75) is 11.8 Å². The van der Waals surface area contributed by atoms with Crippen molar-refractivity contribution in [1.29, 1.82) is 0 Å². The van der Waals surface area contributed by atoms with Crippen molar-refractivity contribution >= 4 is 49.9 Å².